The largest absolute Gasteiger partial charge is 1.00 e. The second-order valence-electron chi connectivity index (χ2n) is 6.03. The third kappa shape index (κ3) is 4.65. The summed E-state index contributed by atoms with van der Waals surface area (Å²) >= 11 is 5.47. The summed E-state index contributed by atoms with van der Waals surface area (Å²) < 4.78 is 0. The van der Waals surface area contributed by atoms with E-state index in [1.807, 2.05) is 12.1 Å². The van der Waals surface area contributed by atoms with E-state index >= 15 is 0 Å². The molecule has 2 N–H and O–H groups in total. The van der Waals surface area contributed by atoms with Crippen LogP contribution in [0.2, 0.25) is 0 Å². The molecule has 0 fully saturated rings. The van der Waals surface area contributed by atoms with Crippen molar-refractivity contribution >= 4 is 34.3 Å². The Kier molecular flexibility index (Phi) is 6.95. The van der Waals surface area contributed by atoms with Gasteiger partial charge < -0.3 is 17.7 Å². The zero-order chi connectivity index (χ0) is 16.1. The standard InChI is InChI=1S/C20H22N2S.ClH/c1-2-3-4-7-15-10-12-16(13-11-15)19-14-20(23)22-18-9-6-5-8-17(18)21-19;/h5-6,8-13H,2-4,7,14H2,1H3,(H,22,23);1H. The van der Waals surface area contributed by atoms with E-state index in [1.54, 1.807) is 0 Å². The quantitative estimate of drug-likeness (QED) is 0.610. The van der Waals surface area contributed by atoms with Crippen molar-refractivity contribution in [1.29, 1.82) is 0 Å². The Bertz CT molecular complexity index is 723. The minimum absolute atomic E-state index is 0. The molecule has 0 bridgehead atoms. The SMILES string of the molecule is CCCCCc1ccc(C2=[NH+]c3ccccc3NC(=S)C2)cc1.[Cl-]. The first-order chi connectivity index (χ1) is 11.3. The Labute approximate surface area is 155 Å². The lowest BCUT2D eigenvalue weighted by Gasteiger charge is -2.04. The number of nitrogens with one attached hydrogen (secondary N) is 2. The van der Waals surface area contributed by atoms with E-state index in [0.717, 1.165) is 28.5 Å². The number of hydrogen-bond donors (Lipinski definition) is 2. The second-order valence-corrected chi connectivity index (χ2v) is 6.52. The Balaban J connectivity index is 0.00000208. The minimum Gasteiger partial charge on any atom is -1.00 e. The molecule has 2 aromatic carbocycles. The van der Waals surface area contributed by atoms with E-state index in [0.29, 0.717) is 0 Å². The number of halogens is 1. The van der Waals surface area contributed by atoms with Gasteiger partial charge >= 0.3 is 0 Å². The first-order valence-electron chi connectivity index (χ1n) is 8.37. The van der Waals surface area contributed by atoms with Gasteiger partial charge in [0, 0.05) is 11.6 Å². The smallest absolute Gasteiger partial charge is 0.227 e. The topological polar surface area (TPSA) is 26.0 Å². The van der Waals surface area contributed by atoms with E-state index < -0.39 is 0 Å². The molecule has 0 saturated heterocycles. The average Bonchev–Trinajstić information content (AvgIpc) is 2.73. The van der Waals surface area contributed by atoms with E-state index in [-0.39, 0.29) is 12.4 Å². The summed E-state index contributed by atoms with van der Waals surface area (Å²) in [6.45, 7) is 2.24. The molecular formula is C20H23ClN2S. The van der Waals surface area contributed by atoms with Gasteiger partial charge in [0.2, 0.25) is 5.69 Å². The second kappa shape index (κ2) is 8.95. The number of anilines is 1. The summed E-state index contributed by atoms with van der Waals surface area (Å²) in [5, 5.41) is 3.32. The molecule has 0 spiro atoms. The van der Waals surface area contributed by atoms with Crippen LogP contribution in [0.4, 0.5) is 11.4 Å². The summed E-state index contributed by atoms with van der Waals surface area (Å²) in [4.78, 5) is 4.40. The van der Waals surface area contributed by atoms with Crippen molar-refractivity contribution in [2.75, 3.05) is 5.32 Å². The predicted molar refractivity (Wildman–Crippen MR) is 102 cm³/mol. The van der Waals surface area contributed by atoms with Crippen LogP contribution in [0.1, 0.15) is 43.7 Å². The van der Waals surface area contributed by atoms with Crippen LogP contribution < -0.4 is 22.7 Å². The molecule has 4 heteroatoms. The lowest BCUT2D eigenvalue weighted by atomic mass is 10.0. The fraction of sp³-hybridized carbons (Fsp3) is 0.300. The molecule has 0 radical (unpaired) electrons. The average molecular weight is 359 g/mol. The van der Waals surface area contributed by atoms with Gasteiger partial charge in [0.15, 0.2) is 5.71 Å². The fourth-order valence-corrected chi connectivity index (χ4v) is 3.14. The van der Waals surface area contributed by atoms with Gasteiger partial charge in [-0.2, -0.15) is 0 Å². The molecule has 2 nitrogen and oxygen atoms in total. The molecule has 0 saturated carbocycles. The summed E-state index contributed by atoms with van der Waals surface area (Å²) in [7, 11) is 0. The highest BCUT2D eigenvalue weighted by Gasteiger charge is 2.20. The molecule has 24 heavy (non-hydrogen) atoms. The third-order valence-corrected chi connectivity index (χ3v) is 4.44. The number of unbranched alkanes of at least 4 members (excludes halogenated alkanes) is 2. The van der Waals surface area contributed by atoms with Gasteiger partial charge in [-0.1, -0.05) is 56.2 Å². The Morgan fingerprint density at radius 3 is 2.54 bits per heavy atom. The zero-order valence-electron chi connectivity index (χ0n) is 13.9. The molecular weight excluding hydrogens is 336 g/mol. The summed E-state index contributed by atoms with van der Waals surface area (Å²) in [5.41, 5.74) is 5.91. The molecule has 0 amide bonds. The number of hydrogen-bond acceptors (Lipinski definition) is 1. The maximum absolute atomic E-state index is 5.47. The van der Waals surface area contributed by atoms with Gasteiger partial charge in [0.25, 0.3) is 0 Å². The van der Waals surface area contributed by atoms with Gasteiger partial charge in [-0.3, -0.25) is 0 Å². The van der Waals surface area contributed by atoms with E-state index in [2.05, 4.69) is 53.6 Å². The predicted octanol–water partition coefficient (Wildman–Crippen LogP) is 0.768. The molecule has 1 heterocycles. The van der Waals surface area contributed by atoms with Crippen molar-refractivity contribution in [2.24, 2.45) is 0 Å². The van der Waals surface area contributed by atoms with Crippen molar-refractivity contribution in [2.45, 2.75) is 39.0 Å². The highest BCUT2D eigenvalue weighted by Crippen LogP contribution is 2.19. The normalized spacial score (nSPS) is 13.2. The molecule has 0 aromatic heterocycles. The van der Waals surface area contributed by atoms with Gasteiger partial charge in [0.05, 0.1) is 11.4 Å². The first kappa shape index (κ1) is 18.6. The molecule has 1 aliphatic heterocycles. The lowest BCUT2D eigenvalue weighted by Crippen LogP contribution is -3.00. The Morgan fingerprint density at radius 2 is 1.79 bits per heavy atom. The molecule has 0 aliphatic carbocycles. The Morgan fingerprint density at radius 1 is 1.04 bits per heavy atom. The van der Waals surface area contributed by atoms with Crippen LogP contribution in [0.5, 0.6) is 0 Å². The highest BCUT2D eigenvalue weighted by molar-refractivity contribution is 7.80. The van der Waals surface area contributed by atoms with E-state index in [1.165, 1.54) is 36.8 Å². The fourth-order valence-electron chi connectivity index (χ4n) is 2.89. The number of aryl methyl sites for hydroxylation is 1. The van der Waals surface area contributed by atoms with Crippen LogP contribution >= 0.6 is 12.2 Å². The number of rotatable bonds is 5. The van der Waals surface area contributed by atoms with Crippen molar-refractivity contribution in [3.05, 3.63) is 59.7 Å². The third-order valence-electron chi connectivity index (χ3n) is 4.20. The summed E-state index contributed by atoms with van der Waals surface area (Å²) in [6, 6.07) is 17.1. The minimum atomic E-state index is 0. The number of benzene rings is 2. The van der Waals surface area contributed by atoms with E-state index in [9.17, 15) is 0 Å². The lowest BCUT2D eigenvalue weighted by molar-refractivity contribution is -0.352. The number of thiocarbonyl (C=S) groups is 1. The molecule has 0 atom stereocenters. The van der Waals surface area contributed by atoms with Crippen LogP contribution in [0.25, 0.3) is 0 Å². The van der Waals surface area contributed by atoms with Crippen LogP contribution in [0, 0.1) is 0 Å². The summed E-state index contributed by atoms with van der Waals surface area (Å²) in [5.74, 6) is 0. The van der Waals surface area contributed by atoms with Gasteiger partial charge in [-0.15, -0.1) is 0 Å². The number of fused-ring (bicyclic) bond motifs is 1. The van der Waals surface area contributed by atoms with Crippen molar-refractivity contribution in [3.8, 4) is 0 Å². The maximum Gasteiger partial charge on any atom is 0.227 e. The summed E-state index contributed by atoms with van der Waals surface area (Å²) in [6.07, 6.45) is 5.74. The Hall–Kier alpha value is -1.71. The molecule has 0 unspecified atom stereocenters. The van der Waals surface area contributed by atoms with Crippen LogP contribution in [0.3, 0.4) is 0 Å². The highest BCUT2D eigenvalue weighted by atomic mass is 35.5. The van der Waals surface area contributed by atoms with Gasteiger partial charge in [-0.25, -0.2) is 4.99 Å². The molecule has 1 aliphatic rings. The first-order valence-corrected chi connectivity index (χ1v) is 8.78. The monoisotopic (exact) mass is 358 g/mol. The van der Waals surface area contributed by atoms with Crippen molar-refractivity contribution in [1.82, 2.24) is 0 Å². The van der Waals surface area contributed by atoms with Crippen LogP contribution in [0.15, 0.2) is 48.5 Å². The maximum atomic E-state index is 5.47. The van der Waals surface area contributed by atoms with Crippen molar-refractivity contribution in [3.63, 3.8) is 0 Å². The van der Waals surface area contributed by atoms with Crippen molar-refractivity contribution < 1.29 is 17.4 Å². The number of para-hydroxylation sites is 2. The van der Waals surface area contributed by atoms with Crippen LogP contribution in [-0.2, 0) is 6.42 Å². The zero-order valence-corrected chi connectivity index (χ0v) is 15.5. The van der Waals surface area contributed by atoms with Gasteiger partial charge in [0.1, 0.15) is 5.69 Å². The van der Waals surface area contributed by atoms with Crippen LogP contribution in [-0.4, -0.2) is 10.7 Å². The molecule has 3 rings (SSSR count). The molecule has 2 aromatic rings. The molecule has 126 valence electrons. The van der Waals surface area contributed by atoms with E-state index in [4.69, 9.17) is 12.2 Å². The van der Waals surface area contributed by atoms with Gasteiger partial charge in [-0.05, 0) is 36.6 Å².